The van der Waals surface area contributed by atoms with Gasteiger partial charge in [0.25, 0.3) is 0 Å². The topological polar surface area (TPSA) is 54.3 Å². The smallest absolute Gasteiger partial charge is 0.352 e. The van der Waals surface area contributed by atoms with Gasteiger partial charge in [-0.2, -0.15) is 0 Å². The third-order valence-corrected chi connectivity index (χ3v) is 4.51. The minimum absolute atomic E-state index is 0.148. The van der Waals surface area contributed by atoms with Crippen LogP contribution in [0.3, 0.4) is 0 Å². The summed E-state index contributed by atoms with van der Waals surface area (Å²) in [6, 6.07) is 1.85. The molecule has 3 aliphatic rings. The molecular weight excluding hydrogens is 240 g/mol. The highest BCUT2D eigenvalue weighted by atomic mass is 16.4. The molecule has 0 unspecified atom stereocenters. The molecule has 3 aliphatic carbocycles. The number of carboxylic acid groups (broad SMARTS) is 1. The van der Waals surface area contributed by atoms with E-state index in [1.807, 2.05) is 19.3 Å². The van der Waals surface area contributed by atoms with Crippen molar-refractivity contribution < 1.29 is 9.90 Å². The second-order valence-electron chi connectivity index (χ2n) is 7.50. The minimum Gasteiger partial charge on any atom is -0.477 e. The van der Waals surface area contributed by atoms with Crippen LogP contribution < -0.4 is 5.32 Å². The molecule has 0 aliphatic heterocycles. The van der Waals surface area contributed by atoms with Crippen molar-refractivity contribution in [2.45, 2.75) is 56.5 Å². The van der Waals surface area contributed by atoms with Crippen LogP contribution in [0.1, 0.15) is 56.1 Å². The van der Waals surface area contributed by atoms with Crippen LogP contribution in [0, 0.1) is 0 Å². The molecule has 2 bridgehead atoms. The Morgan fingerprint density at radius 1 is 1.37 bits per heavy atom. The first-order valence-electron chi connectivity index (χ1n) is 6.84. The second-order valence-corrected chi connectivity index (χ2v) is 7.50. The number of rotatable bonds is 3. The van der Waals surface area contributed by atoms with Gasteiger partial charge in [-0.15, -0.1) is 0 Å². The summed E-state index contributed by atoms with van der Waals surface area (Å²) in [7, 11) is 1.81. The molecule has 4 heteroatoms. The number of carboxylic acids is 1. The monoisotopic (exact) mass is 262 g/mol. The Bertz CT molecular complexity index is 531. The van der Waals surface area contributed by atoms with Crippen molar-refractivity contribution >= 4 is 5.97 Å². The van der Waals surface area contributed by atoms with E-state index in [0.29, 0.717) is 11.2 Å². The van der Waals surface area contributed by atoms with E-state index in [9.17, 15) is 4.79 Å². The van der Waals surface area contributed by atoms with E-state index in [2.05, 4.69) is 26.1 Å². The van der Waals surface area contributed by atoms with Crippen LogP contribution in [-0.4, -0.2) is 26.7 Å². The molecule has 1 aromatic heterocycles. The maximum absolute atomic E-state index is 11.1. The molecule has 3 saturated carbocycles. The number of aromatic nitrogens is 1. The summed E-state index contributed by atoms with van der Waals surface area (Å²) in [5, 5.41) is 12.8. The van der Waals surface area contributed by atoms with E-state index in [-0.39, 0.29) is 11.0 Å². The lowest BCUT2D eigenvalue weighted by atomic mass is 9.37. The molecule has 2 N–H and O–H groups in total. The average molecular weight is 262 g/mol. The number of aromatic carboxylic acids is 1. The molecule has 4 rings (SSSR count). The Morgan fingerprint density at radius 3 is 2.37 bits per heavy atom. The van der Waals surface area contributed by atoms with Gasteiger partial charge in [0.15, 0.2) is 0 Å². The van der Waals surface area contributed by atoms with E-state index in [0.717, 1.165) is 19.3 Å². The molecule has 0 radical (unpaired) electrons. The zero-order valence-corrected chi connectivity index (χ0v) is 12.1. The van der Waals surface area contributed by atoms with Crippen molar-refractivity contribution in [1.82, 2.24) is 9.88 Å². The Labute approximate surface area is 113 Å². The van der Waals surface area contributed by atoms with Crippen molar-refractivity contribution in [3.8, 4) is 0 Å². The average Bonchev–Trinajstić information content (AvgIpc) is 2.49. The van der Waals surface area contributed by atoms with E-state index in [4.69, 9.17) is 5.11 Å². The molecule has 4 nitrogen and oxygen atoms in total. The summed E-state index contributed by atoms with van der Waals surface area (Å²) >= 11 is 0. The summed E-state index contributed by atoms with van der Waals surface area (Å²) < 4.78 is 1.72. The lowest BCUT2D eigenvalue weighted by Crippen LogP contribution is -2.78. The molecule has 0 aromatic carbocycles. The van der Waals surface area contributed by atoms with Crippen LogP contribution in [0.2, 0.25) is 0 Å². The first-order valence-corrected chi connectivity index (χ1v) is 6.84. The van der Waals surface area contributed by atoms with Crippen molar-refractivity contribution in [3.05, 3.63) is 23.5 Å². The van der Waals surface area contributed by atoms with Crippen LogP contribution in [0.15, 0.2) is 12.3 Å². The molecule has 0 saturated heterocycles. The van der Waals surface area contributed by atoms with Gasteiger partial charge in [0, 0.05) is 29.7 Å². The number of aryl methyl sites for hydroxylation is 1. The summed E-state index contributed by atoms with van der Waals surface area (Å²) in [6.45, 7) is 6.60. The quantitative estimate of drug-likeness (QED) is 0.878. The Hall–Kier alpha value is -1.29. The molecular formula is C15H22N2O2. The number of carbonyl (C=O) groups is 1. The molecule has 19 heavy (non-hydrogen) atoms. The van der Waals surface area contributed by atoms with Gasteiger partial charge >= 0.3 is 5.97 Å². The fraction of sp³-hybridized carbons (Fsp3) is 0.667. The third-order valence-electron chi connectivity index (χ3n) is 4.51. The standard InChI is InChI=1S/C15H22N2O2/c1-13(2,3)16-15-7-14(8-15,9-15)10-5-11(12(18)19)17(4)6-10/h5-6,16H,7-9H2,1-4H3,(H,18,19). The SMILES string of the molecule is Cn1cc(C23CC(NC(C)(C)C)(C2)C3)cc1C(=O)O. The fourth-order valence-electron chi connectivity index (χ4n) is 4.09. The first kappa shape index (κ1) is 12.7. The van der Waals surface area contributed by atoms with E-state index < -0.39 is 5.97 Å². The van der Waals surface area contributed by atoms with Gasteiger partial charge in [-0.25, -0.2) is 4.79 Å². The summed E-state index contributed by atoms with van der Waals surface area (Å²) in [5.41, 5.74) is 2.28. The van der Waals surface area contributed by atoms with Gasteiger partial charge in [0.2, 0.25) is 0 Å². The van der Waals surface area contributed by atoms with Gasteiger partial charge in [-0.05, 0) is 51.7 Å². The number of nitrogens with zero attached hydrogens (tertiary/aromatic N) is 1. The highest BCUT2D eigenvalue weighted by molar-refractivity contribution is 5.86. The van der Waals surface area contributed by atoms with Gasteiger partial charge in [0.1, 0.15) is 5.69 Å². The van der Waals surface area contributed by atoms with E-state index in [1.54, 1.807) is 4.57 Å². The zero-order chi connectivity index (χ0) is 14.1. The van der Waals surface area contributed by atoms with Crippen molar-refractivity contribution in [2.24, 2.45) is 7.05 Å². The molecule has 0 atom stereocenters. The summed E-state index contributed by atoms with van der Waals surface area (Å²) in [4.78, 5) is 11.1. The lowest BCUT2D eigenvalue weighted by molar-refractivity contribution is -0.102. The minimum atomic E-state index is -0.845. The van der Waals surface area contributed by atoms with E-state index in [1.165, 1.54) is 5.56 Å². The Kier molecular flexibility index (Phi) is 2.29. The van der Waals surface area contributed by atoms with Gasteiger partial charge in [0.05, 0.1) is 0 Å². The van der Waals surface area contributed by atoms with Crippen molar-refractivity contribution in [1.29, 1.82) is 0 Å². The summed E-state index contributed by atoms with van der Waals surface area (Å²) in [6.07, 6.45) is 5.41. The predicted molar refractivity (Wildman–Crippen MR) is 73.5 cm³/mol. The highest BCUT2D eigenvalue weighted by Gasteiger charge is 2.69. The van der Waals surface area contributed by atoms with Crippen LogP contribution >= 0.6 is 0 Å². The number of hydrogen-bond donors (Lipinski definition) is 2. The zero-order valence-electron chi connectivity index (χ0n) is 12.1. The number of hydrogen-bond acceptors (Lipinski definition) is 2. The maximum Gasteiger partial charge on any atom is 0.352 e. The molecule has 3 fully saturated rings. The second kappa shape index (κ2) is 3.42. The summed E-state index contributed by atoms with van der Waals surface area (Å²) in [5.74, 6) is -0.845. The maximum atomic E-state index is 11.1. The van der Waals surface area contributed by atoms with Crippen LogP contribution in [-0.2, 0) is 12.5 Å². The molecule has 0 spiro atoms. The van der Waals surface area contributed by atoms with Gasteiger partial charge in [-0.1, -0.05) is 0 Å². The third kappa shape index (κ3) is 1.81. The van der Waals surface area contributed by atoms with Crippen molar-refractivity contribution in [3.63, 3.8) is 0 Å². The normalized spacial score (nSPS) is 32.6. The highest BCUT2D eigenvalue weighted by Crippen LogP contribution is 2.68. The van der Waals surface area contributed by atoms with Crippen LogP contribution in [0.25, 0.3) is 0 Å². The molecule has 104 valence electrons. The molecule has 1 aromatic rings. The first-order chi connectivity index (χ1) is 8.65. The van der Waals surface area contributed by atoms with E-state index >= 15 is 0 Å². The lowest BCUT2D eigenvalue weighted by Gasteiger charge is -2.72. The Balaban J connectivity index is 1.75. The van der Waals surface area contributed by atoms with Crippen LogP contribution in [0.4, 0.5) is 0 Å². The molecule has 1 heterocycles. The predicted octanol–water partition coefficient (Wildman–Crippen LogP) is 2.29. The van der Waals surface area contributed by atoms with Crippen LogP contribution in [0.5, 0.6) is 0 Å². The van der Waals surface area contributed by atoms with Crippen molar-refractivity contribution in [2.75, 3.05) is 0 Å². The fourth-order valence-corrected chi connectivity index (χ4v) is 4.09. The Morgan fingerprint density at radius 2 is 1.95 bits per heavy atom. The largest absolute Gasteiger partial charge is 0.477 e. The molecule has 0 amide bonds. The van der Waals surface area contributed by atoms with Gasteiger partial charge in [-0.3, -0.25) is 0 Å². The van der Waals surface area contributed by atoms with Gasteiger partial charge < -0.3 is 15.0 Å². The number of nitrogens with one attached hydrogen (secondary N) is 1.